The van der Waals surface area contributed by atoms with Gasteiger partial charge >= 0.3 is 0 Å². The summed E-state index contributed by atoms with van der Waals surface area (Å²) in [6, 6.07) is 0.335. The average molecular weight is 586 g/mol. The summed E-state index contributed by atoms with van der Waals surface area (Å²) in [5.74, 6) is -6.41. The predicted molar refractivity (Wildman–Crippen MR) is 156 cm³/mol. The van der Waals surface area contributed by atoms with Crippen LogP contribution >= 0.6 is 0 Å². The van der Waals surface area contributed by atoms with Crippen molar-refractivity contribution >= 4 is 23.2 Å². The summed E-state index contributed by atoms with van der Waals surface area (Å²) in [4.78, 5) is 40.9. The highest BCUT2D eigenvalue weighted by atomic mass is 16.5. The molecule has 0 saturated heterocycles. The van der Waals surface area contributed by atoms with E-state index in [1.807, 2.05) is 0 Å². The Balaban J connectivity index is 1.84. The lowest BCUT2D eigenvalue weighted by Gasteiger charge is -2.50. The predicted octanol–water partition coefficient (Wildman–Crippen LogP) is 2.28. The first-order valence-electron chi connectivity index (χ1n) is 14.1. The fourth-order valence-corrected chi connectivity index (χ4v) is 7.46. The number of ether oxygens (including phenoxy) is 1. The number of aliphatic hydroxyl groups is 3. The summed E-state index contributed by atoms with van der Waals surface area (Å²) in [6.45, 7) is 11.0. The van der Waals surface area contributed by atoms with E-state index >= 15 is 0 Å². The van der Waals surface area contributed by atoms with Gasteiger partial charge in [0, 0.05) is 34.7 Å². The van der Waals surface area contributed by atoms with Crippen molar-refractivity contribution in [1.29, 1.82) is 0 Å². The monoisotopic (exact) mass is 585 g/mol. The largest absolute Gasteiger partial charge is 0.508 e. The Morgan fingerprint density at radius 2 is 1.79 bits per heavy atom. The Morgan fingerprint density at radius 3 is 2.31 bits per heavy atom. The first-order chi connectivity index (χ1) is 19.3. The molecule has 11 nitrogen and oxygen atoms in total. The molecule has 42 heavy (non-hydrogen) atoms. The Labute approximate surface area is 246 Å². The molecule has 1 amide bonds. The van der Waals surface area contributed by atoms with E-state index in [1.165, 1.54) is 18.1 Å². The average Bonchev–Trinajstić information content (AvgIpc) is 2.83. The van der Waals surface area contributed by atoms with Gasteiger partial charge < -0.3 is 36.2 Å². The van der Waals surface area contributed by atoms with Gasteiger partial charge in [-0.3, -0.25) is 19.3 Å². The quantitative estimate of drug-likeness (QED) is 0.260. The number of aromatic hydroxyl groups is 1. The summed E-state index contributed by atoms with van der Waals surface area (Å²) >= 11 is 0. The number of benzene rings is 1. The third-order valence-corrected chi connectivity index (χ3v) is 8.68. The Hall–Kier alpha value is -3.41. The van der Waals surface area contributed by atoms with E-state index in [2.05, 4.69) is 39.9 Å². The minimum Gasteiger partial charge on any atom is -0.508 e. The summed E-state index contributed by atoms with van der Waals surface area (Å²) in [7, 11) is 4.62. The molecule has 3 aliphatic carbocycles. The molecule has 11 heteroatoms. The number of methoxy groups -OCH3 is 1. The number of rotatable bonds is 7. The van der Waals surface area contributed by atoms with Crippen molar-refractivity contribution in [1.82, 2.24) is 10.2 Å². The van der Waals surface area contributed by atoms with Crippen molar-refractivity contribution in [3.05, 3.63) is 39.7 Å². The van der Waals surface area contributed by atoms with Crippen molar-refractivity contribution in [3.8, 4) is 11.5 Å². The fraction of sp³-hybridized carbons (Fsp3) is 0.581. The molecule has 7 N–H and O–H groups in total. The van der Waals surface area contributed by atoms with Gasteiger partial charge in [0.05, 0.1) is 18.7 Å². The molecule has 0 bridgehead atoms. The maximum atomic E-state index is 14.0. The van der Waals surface area contributed by atoms with Crippen LogP contribution in [0.5, 0.6) is 11.5 Å². The highest BCUT2D eigenvalue weighted by molar-refractivity contribution is 6.24. The maximum absolute atomic E-state index is 14.0. The Morgan fingerprint density at radius 1 is 1.17 bits per heavy atom. The lowest BCUT2D eigenvalue weighted by Crippen LogP contribution is -2.65. The zero-order valence-electron chi connectivity index (χ0n) is 25.6. The molecule has 230 valence electrons. The molecule has 0 aromatic heterocycles. The number of hydrogen-bond acceptors (Lipinski definition) is 10. The molecule has 1 aromatic rings. The molecule has 3 aliphatic rings. The molecule has 0 radical (unpaired) electrons. The van der Waals surface area contributed by atoms with Gasteiger partial charge in [0.2, 0.25) is 5.78 Å². The Bertz CT molecular complexity index is 1420. The van der Waals surface area contributed by atoms with Gasteiger partial charge in [-0.25, -0.2) is 0 Å². The van der Waals surface area contributed by atoms with Gasteiger partial charge in [-0.15, -0.1) is 0 Å². The highest BCUT2D eigenvalue weighted by Crippen LogP contribution is 2.54. The van der Waals surface area contributed by atoms with Crippen molar-refractivity contribution < 1.29 is 39.5 Å². The molecule has 1 fully saturated rings. The minimum atomic E-state index is -2.67. The highest BCUT2D eigenvalue weighted by Gasteiger charge is 2.64. The van der Waals surface area contributed by atoms with E-state index in [0.29, 0.717) is 23.4 Å². The molecule has 0 heterocycles. The smallest absolute Gasteiger partial charge is 0.255 e. The number of carbonyl (C=O) groups excluding carboxylic acids is 3. The first-order valence-corrected chi connectivity index (χ1v) is 14.1. The van der Waals surface area contributed by atoms with Crippen molar-refractivity contribution in [3.63, 3.8) is 0 Å². The van der Waals surface area contributed by atoms with E-state index in [1.54, 1.807) is 14.1 Å². The summed E-state index contributed by atoms with van der Waals surface area (Å²) < 4.78 is 5.80. The van der Waals surface area contributed by atoms with Gasteiger partial charge in [0.15, 0.2) is 11.4 Å². The van der Waals surface area contributed by atoms with E-state index in [0.717, 1.165) is 6.42 Å². The number of nitrogens with two attached hydrogens (primary N) is 1. The Kier molecular flexibility index (Phi) is 7.80. The molecule has 4 rings (SSSR count). The number of likely N-dealkylation sites (N-methyl/N-ethyl adjacent to an activating group) is 1. The van der Waals surface area contributed by atoms with Crippen LogP contribution in [0.15, 0.2) is 23.0 Å². The molecule has 0 spiro atoms. The number of amides is 1. The van der Waals surface area contributed by atoms with E-state index in [4.69, 9.17) is 10.5 Å². The number of fused-ring (bicyclic) bond motifs is 3. The number of phenolic OH excluding ortho intramolecular Hbond substituents is 1. The third kappa shape index (κ3) is 4.97. The normalized spacial score (nSPS) is 26.3. The van der Waals surface area contributed by atoms with Crippen LogP contribution in [0.2, 0.25) is 0 Å². The second kappa shape index (κ2) is 10.4. The van der Waals surface area contributed by atoms with E-state index in [-0.39, 0.29) is 40.7 Å². The van der Waals surface area contributed by atoms with E-state index < -0.39 is 58.0 Å². The molecular formula is C31H43N3O8. The molecule has 4 atom stereocenters. The molecular weight excluding hydrogens is 542 g/mol. The van der Waals surface area contributed by atoms with Gasteiger partial charge in [0.1, 0.15) is 28.6 Å². The zero-order chi connectivity index (χ0) is 31.7. The number of carbonyl (C=O) groups is 3. The summed E-state index contributed by atoms with van der Waals surface area (Å²) in [5.41, 5.74) is 2.66. The third-order valence-electron chi connectivity index (χ3n) is 8.68. The summed E-state index contributed by atoms with van der Waals surface area (Å²) in [6.07, 6.45) is 1.05. The summed E-state index contributed by atoms with van der Waals surface area (Å²) in [5, 5.41) is 48.8. The van der Waals surface area contributed by atoms with E-state index in [9.17, 15) is 34.8 Å². The number of phenols is 1. The second-order valence-corrected chi connectivity index (χ2v) is 13.9. The van der Waals surface area contributed by atoms with Crippen LogP contribution < -0.4 is 15.8 Å². The second-order valence-electron chi connectivity index (χ2n) is 13.9. The number of nitrogens with one attached hydrogen (secondary N) is 1. The lowest BCUT2D eigenvalue weighted by molar-refractivity contribution is -0.153. The number of ketones is 2. The number of primary amides is 1. The minimum absolute atomic E-state index is 0.000779. The van der Waals surface area contributed by atoms with Gasteiger partial charge in [-0.1, -0.05) is 20.8 Å². The number of aliphatic hydroxyl groups excluding tert-OH is 2. The standard InChI is InChI=1S/C31H43N3O8/c1-29(2,3)13-30(4,5)33-12-15-11-18(35)20-16(25(15)42-8)9-14-10-17-22(34(6)7)24(37)21(28(32)40)27(39)31(17,41)26(38)19(14)23(20)36/h11,14,17,22,33,35-36,39,41H,9-10,12-13H2,1-8H3,(H2,32,40)/t14-,17-,22-,31-/m0/s1. The van der Waals surface area contributed by atoms with Crippen LogP contribution in [0.25, 0.3) is 5.76 Å². The lowest BCUT2D eigenvalue weighted by atomic mass is 9.57. The van der Waals surface area contributed by atoms with Crippen molar-refractivity contribution in [2.45, 2.75) is 77.6 Å². The van der Waals surface area contributed by atoms with Crippen LogP contribution in [0.1, 0.15) is 64.2 Å². The zero-order valence-corrected chi connectivity index (χ0v) is 25.6. The number of nitrogens with zero attached hydrogens (tertiary/aromatic N) is 1. The fourth-order valence-electron chi connectivity index (χ4n) is 7.46. The molecule has 0 aliphatic heterocycles. The van der Waals surface area contributed by atoms with Crippen molar-refractivity contribution in [2.75, 3.05) is 21.2 Å². The van der Waals surface area contributed by atoms with Crippen LogP contribution in [-0.2, 0) is 27.3 Å². The van der Waals surface area contributed by atoms with Gasteiger partial charge in [0.25, 0.3) is 5.91 Å². The topological polar surface area (TPSA) is 183 Å². The van der Waals surface area contributed by atoms with Gasteiger partial charge in [-0.05, 0) is 64.6 Å². The van der Waals surface area contributed by atoms with Crippen molar-refractivity contribution in [2.24, 2.45) is 23.0 Å². The van der Waals surface area contributed by atoms with Crippen LogP contribution in [0.4, 0.5) is 0 Å². The van der Waals surface area contributed by atoms with Crippen LogP contribution in [-0.4, -0.2) is 81.2 Å². The van der Waals surface area contributed by atoms with Gasteiger partial charge in [-0.2, -0.15) is 0 Å². The maximum Gasteiger partial charge on any atom is 0.255 e. The number of Topliss-reactive ketones (excluding diaryl/α,β-unsaturated/α-hetero) is 2. The van der Waals surface area contributed by atoms with Crippen LogP contribution in [0, 0.1) is 17.3 Å². The molecule has 1 saturated carbocycles. The molecule has 1 aromatic carbocycles. The molecule has 0 unspecified atom stereocenters. The first kappa shape index (κ1) is 31.5. The number of hydrogen-bond donors (Lipinski definition) is 6. The van der Waals surface area contributed by atoms with Crippen LogP contribution in [0.3, 0.4) is 0 Å². The SMILES string of the molecule is COc1c(CNC(C)(C)CC(C)(C)C)cc(O)c2c1C[C@H]1C[C@H]3[C@H](N(C)C)C(=O)C(C(N)=O)=C(O)[C@@]3(O)C(=O)C1=C2O.